The Bertz CT molecular complexity index is 852. The number of halogens is 2. The van der Waals surface area contributed by atoms with Gasteiger partial charge in [-0.3, -0.25) is 9.78 Å². The van der Waals surface area contributed by atoms with E-state index in [1.165, 1.54) is 11.3 Å². The van der Waals surface area contributed by atoms with Gasteiger partial charge < -0.3 is 5.32 Å². The van der Waals surface area contributed by atoms with Crippen LogP contribution in [-0.4, -0.2) is 15.9 Å². The highest BCUT2D eigenvalue weighted by Gasteiger charge is 2.09. The quantitative estimate of drug-likeness (QED) is 0.673. The van der Waals surface area contributed by atoms with E-state index < -0.39 is 0 Å². The fraction of sp³-hybridized carbons (Fsp3) is 0.118. The van der Waals surface area contributed by atoms with Crippen LogP contribution >= 0.6 is 34.5 Å². The van der Waals surface area contributed by atoms with E-state index in [0.717, 1.165) is 16.3 Å². The molecule has 2 heterocycles. The maximum atomic E-state index is 12.1. The van der Waals surface area contributed by atoms with Crippen LogP contribution in [0.4, 0.5) is 5.69 Å². The maximum Gasteiger partial charge on any atom is 0.224 e. The fourth-order valence-corrected chi connectivity index (χ4v) is 3.24. The van der Waals surface area contributed by atoms with Gasteiger partial charge in [0.25, 0.3) is 0 Å². The largest absolute Gasteiger partial charge is 0.325 e. The first kappa shape index (κ1) is 16.9. The molecule has 0 unspecified atom stereocenters. The molecule has 2 aromatic heterocycles. The molecule has 122 valence electrons. The topological polar surface area (TPSA) is 54.9 Å². The number of carbonyl (C=O) groups excluding carboxylic acids is 1. The zero-order chi connectivity index (χ0) is 16.9. The average molecular weight is 378 g/mol. The molecule has 3 rings (SSSR count). The molecule has 0 radical (unpaired) electrons. The summed E-state index contributed by atoms with van der Waals surface area (Å²) in [6.07, 6.45) is 4.38. The Morgan fingerprint density at radius 1 is 1.25 bits per heavy atom. The third-order valence-corrected chi connectivity index (χ3v) is 4.75. The summed E-state index contributed by atoms with van der Waals surface area (Å²) in [5.41, 5.74) is 2.36. The number of aryl methyl sites for hydroxylation is 1. The van der Waals surface area contributed by atoms with Crippen LogP contribution < -0.4 is 5.32 Å². The summed E-state index contributed by atoms with van der Waals surface area (Å²) in [5.74, 6) is -0.128. The molecule has 1 amide bonds. The van der Waals surface area contributed by atoms with Crippen LogP contribution in [0, 0.1) is 0 Å². The Labute approximate surface area is 153 Å². The number of benzene rings is 1. The first-order valence-corrected chi connectivity index (χ1v) is 8.85. The van der Waals surface area contributed by atoms with E-state index in [0.29, 0.717) is 28.6 Å². The predicted molar refractivity (Wildman–Crippen MR) is 98.8 cm³/mol. The second-order valence-corrected chi connectivity index (χ2v) is 6.83. The minimum absolute atomic E-state index is 0.128. The van der Waals surface area contributed by atoms with Crippen LogP contribution in [0.3, 0.4) is 0 Å². The highest BCUT2D eigenvalue weighted by atomic mass is 35.5. The van der Waals surface area contributed by atoms with Gasteiger partial charge in [-0.05, 0) is 30.3 Å². The van der Waals surface area contributed by atoms with Gasteiger partial charge in [-0.1, -0.05) is 23.2 Å². The van der Waals surface area contributed by atoms with E-state index in [1.54, 1.807) is 30.6 Å². The smallest absolute Gasteiger partial charge is 0.224 e. The normalized spacial score (nSPS) is 10.6. The molecule has 1 aromatic carbocycles. The molecule has 0 aliphatic rings. The van der Waals surface area contributed by atoms with Crippen LogP contribution in [-0.2, 0) is 11.2 Å². The Morgan fingerprint density at radius 3 is 2.92 bits per heavy atom. The molecule has 0 saturated heterocycles. The molecule has 0 aliphatic carbocycles. The molecule has 24 heavy (non-hydrogen) atoms. The van der Waals surface area contributed by atoms with Crippen molar-refractivity contribution in [1.29, 1.82) is 0 Å². The van der Waals surface area contributed by atoms with Crippen LogP contribution in [0.25, 0.3) is 11.3 Å². The monoisotopic (exact) mass is 377 g/mol. The molecular formula is C17H13Cl2N3OS. The van der Waals surface area contributed by atoms with Crippen molar-refractivity contribution in [3.63, 3.8) is 0 Å². The van der Waals surface area contributed by atoms with Crippen molar-refractivity contribution in [2.45, 2.75) is 12.8 Å². The molecule has 0 saturated carbocycles. The van der Waals surface area contributed by atoms with E-state index in [9.17, 15) is 4.79 Å². The number of hydrogen-bond acceptors (Lipinski definition) is 4. The first-order valence-electron chi connectivity index (χ1n) is 7.21. The third-order valence-electron chi connectivity index (χ3n) is 3.28. The number of nitrogens with zero attached hydrogens (tertiary/aromatic N) is 2. The number of carbonyl (C=O) groups is 1. The molecule has 1 N–H and O–H groups in total. The number of thiazole rings is 1. The molecule has 3 aromatic rings. The minimum Gasteiger partial charge on any atom is -0.325 e. The summed E-state index contributed by atoms with van der Waals surface area (Å²) in [4.78, 5) is 20.7. The van der Waals surface area contributed by atoms with Crippen molar-refractivity contribution in [2.24, 2.45) is 0 Å². The van der Waals surface area contributed by atoms with Crippen molar-refractivity contribution >= 4 is 46.1 Å². The van der Waals surface area contributed by atoms with Gasteiger partial charge in [-0.15, -0.1) is 11.3 Å². The lowest BCUT2D eigenvalue weighted by Gasteiger charge is -2.07. The van der Waals surface area contributed by atoms with E-state index >= 15 is 0 Å². The second-order valence-electron chi connectivity index (χ2n) is 5.04. The Hall–Kier alpha value is -1.95. The number of aromatic nitrogens is 2. The predicted octanol–water partition coefficient (Wildman–Crippen LogP) is 5.08. The average Bonchev–Trinajstić information content (AvgIpc) is 3.06. The van der Waals surface area contributed by atoms with Crippen molar-refractivity contribution in [3.05, 3.63) is 63.2 Å². The number of rotatable bonds is 5. The van der Waals surface area contributed by atoms with Crippen molar-refractivity contribution in [2.75, 3.05) is 5.32 Å². The number of amides is 1. The summed E-state index contributed by atoms with van der Waals surface area (Å²) < 4.78 is 0. The van der Waals surface area contributed by atoms with Crippen LogP contribution in [0.1, 0.15) is 11.4 Å². The zero-order valence-electron chi connectivity index (χ0n) is 12.5. The lowest BCUT2D eigenvalue weighted by Crippen LogP contribution is -2.12. The number of nitrogens with one attached hydrogen (secondary N) is 1. The third kappa shape index (κ3) is 4.32. The van der Waals surface area contributed by atoms with E-state index in [-0.39, 0.29) is 5.91 Å². The summed E-state index contributed by atoms with van der Waals surface area (Å²) in [5, 5.41) is 6.63. The maximum absolute atomic E-state index is 12.1. The standard InChI is InChI=1S/C17H13Cl2N3OS/c18-12-3-4-13(19)14(8-12)21-16(23)5-6-17-22-15(10-24-17)11-2-1-7-20-9-11/h1-4,7-10H,5-6H2,(H,21,23). The number of pyridine rings is 1. The number of hydrogen-bond donors (Lipinski definition) is 1. The fourth-order valence-electron chi connectivity index (χ4n) is 2.10. The SMILES string of the molecule is O=C(CCc1nc(-c2cccnc2)cs1)Nc1cc(Cl)ccc1Cl. The van der Waals surface area contributed by atoms with Crippen LogP contribution in [0.2, 0.25) is 10.0 Å². The van der Waals surface area contributed by atoms with E-state index in [1.807, 2.05) is 17.5 Å². The molecular weight excluding hydrogens is 365 g/mol. The summed E-state index contributed by atoms with van der Waals surface area (Å²) in [6.45, 7) is 0. The summed E-state index contributed by atoms with van der Waals surface area (Å²) in [7, 11) is 0. The summed E-state index contributed by atoms with van der Waals surface area (Å²) in [6, 6.07) is 8.79. The number of anilines is 1. The molecule has 7 heteroatoms. The second kappa shape index (κ2) is 7.75. The minimum atomic E-state index is -0.128. The first-order chi connectivity index (χ1) is 11.6. The van der Waals surface area contributed by atoms with Gasteiger partial charge in [0.1, 0.15) is 0 Å². The highest BCUT2D eigenvalue weighted by molar-refractivity contribution is 7.09. The van der Waals surface area contributed by atoms with Gasteiger partial charge in [0.05, 0.1) is 21.4 Å². The van der Waals surface area contributed by atoms with Crippen molar-refractivity contribution in [1.82, 2.24) is 9.97 Å². The molecule has 0 bridgehead atoms. The van der Waals surface area contributed by atoms with Gasteiger partial charge >= 0.3 is 0 Å². The summed E-state index contributed by atoms with van der Waals surface area (Å²) >= 11 is 13.5. The molecule has 0 aliphatic heterocycles. The van der Waals surface area contributed by atoms with Crippen LogP contribution in [0.15, 0.2) is 48.1 Å². The van der Waals surface area contributed by atoms with E-state index in [2.05, 4.69) is 15.3 Å². The van der Waals surface area contributed by atoms with Gasteiger partial charge in [0.15, 0.2) is 0 Å². The zero-order valence-corrected chi connectivity index (χ0v) is 14.8. The lowest BCUT2D eigenvalue weighted by atomic mass is 10.2. The lowest BCUT2D eigenvalue weighted by molar-refractivity contribution is -0.116. The Balaban J connectivity index is 1.59. The highest BCUT2D eigenvalue weighted by Crippen LogP contribution is 2.26. The molecule has 4 nitrogen and oxygen atoms in total. The molecule has 0 atom stereocenters. The molecule has 0 spiro atoms. The molecule has 0 fully saturated rings. The van der Waals surface area contributed by atoms with Crippen molar-refractivity contribution in [3.8, 4) is 11.3 Å². The van der Waals surface area contributed by atoms with Crippen LogP contribution in [0.5, 0.6) is 0 Å². The Morgan fingerprint density at radius 2 is 2.12 bits per heavy atom. The van der Waals surface area contributed by atoms with Crippen molar-refractivity contribution < 1.29 is 4.79 Å². The Kier molecular flexibility index (Phi) is 5.45. The van der Waals surface area contributed by atoms with Gasteiger partial charge in [-0.2, -0.15) is 0 Å². The van der Waals surface area contributed by atoms with Gasteiger partial charge in [0.2, 0.25) is 5.91 Å². The van der Waals surface area contributed by atoms with E-state index in [4.69, 9.17) is 23.2 Å². The van der Waals surface area contributed by atoms with Gasteiger partial charge in [-0.25, -0.2) is 4.98 Å². The van der Waals surface area contributed by atoms with Gasteiger partial charge in [0, 0.05) is 41.2 Å².